The van der Waals surface area contributed by atoms with Gasteiger partial charge >= 0.3 is 0 Å². The third-order valence-corrected chi connectivity index (χ3v) is 2.93. The molecule has 88 valence electrons. The molecule has 1 aliphatic carbocycles. The summed E-state index contributed by atoms with van der Waals surface area (Å²) in [5.41, 5.74) is 5.67. The predicted octanol–water partition coefficient (Wildman–Crippen LogP) is 1.35. The van der Waals surface area contributed by atoms with Crippen molar-refractivity contribution in [1.29, 1.82) is 0 Å². The summed E-state index contributed by atoms with van der Waals surface area (Å²) in [7, 11) is 1.76. The maximum absolute atomic E-state index is 5.67. The van der Waals surface area contributed by atoms with Crippen LogP contribution >= 0.6 is 0 Å². The number of nitrogens with one attached hydrogen (secondary N) is 1. The monoisotopic (exact) mass is 222 g/mol. The van der Waals surface area contributed by atoms with Gasteiger partial charge in [-0.1, -0.05) is 0 Å². The highest BCUT2D eigenvalue weighted by Gasteiger charge is 2.24. The molecule has 2 atom stereocenters. The number of hydrogen-bond donors (Lipinski definition) is 2. The van der Waals surface area contributed by atoms with Gasteiger partial charge in [0.05, 0.1) is 6.10 Å². The zero-order valence-electron chi connectivity index (χ0n) is 9.73. The second-order valence-corrected chi connectivity index (χ2v) is 4.24. The normalized spacial score (nSPS) is 24.6. The summed E-state index contributed by atoms with van der Waals surface area (Å²) in [6.07, 6.45) is 3.62. The third-order valence-electron chi connectivity index (χ3n) is 2.93. The van der Waals surface area contributed by atoms with Gasteiger partial charge in [0.2, 0.25) is 0 Å². The van der Waals surface area contributed by atoms with Crippen LogP contribution in [-0.2, 0) is 4.74 Å². The largest absolute Gasteiger partial charge is 0.384 e. The van der Waals surface area contributed by atoms with Crippen LogP contribution in [0.5, 0.6) is 0 Å². The molecule has 5 nitrogen and oxygen atoms in total. The van der Waals surface area contributed by atoms with Crippen LogP contribution in [0.4, 0.5) is 11.6 Å². The second kappa shape index (κ2) is 4.65. The molecular weight excluding hydrogens is 204 g/mol. The quantitative estimate of drug-likeness (QED) is 0.807. The van der Waals surface area contributed by atoms with Gasteiger partial charge < -0.3 is 15.8 Å². The number of hydrogen-bond acceptors (Lipinski definition) is 5. The van der Waals surface area contributed by atoms with Crippen LogP contribution in [0.2, 0.25) is 0 Å². The molecule has 1 aromatic heterocycles. The number of rotatable bonds is 3. The number of nitrogens with zero attached hydrogens (tertiary/aromatic N) is 2. The number of ether oxygens (including phenoxy) is 1. The molecule has 0 radical (unpaired) electrons. The van der Waals surface area contributed by atoms with E-state index in [-0.39, 0.29) is 0 Å². The Kier molecular flexibility index (Phi) is 3.24. The Morgan fingerprint density at radius 2 is 2.25 bits per heavy atom. The maximum Gasteiger partial charge on any atom is 0.132 e. The Balaban J connectivity index is 1.99. The smallest absolute Gasteiger partial charge is 0.132 e. The van der Waals surface area contributed by atoms with Gasteiger partial charge in [-0.15, -0.1) is 0 Å². The van der Waals surface area contributed by atoms with Crippen LogP contribution in [-0.4, -0.2) is 29.2 Å². The summed E-state index contributed by atoms with van der Waals surface area (Å²) in [6, 6.07) is 2.20. The lowest BCUT2D eigenvalue weighted by Crippen LogP contribution is -2.18. The highest BCUT2D eigenvalue weighted by atomic mass is 16.5. The summed E-state index contributed by atoms with van der Waals surface area (Å²) >= 11 is 0. The van der Waals surface area contributed by atoms with Crippen LogP contribution in [0, 0.1) is 6.92 Å². The van der Waals surface area contributed by atoms with Crippen LogP contribution in [0.25, 0.3) is 0 Å². The summed E-state index contributed by atoms with van der Waals surface area (Å²) in [5.74, 6) is 2.02. The topological polar surface area (TPSA) is 73.1 Å². The molecule has 3 N–H and O–H groups in total. The molecule has 0 amide bonds. The number of nitrogens with two attached hydrogens (primary N) is 1. The number of methoxy groups -OCH3 is 1. The average molecular weight is 222 g/mol. The van der Waals surface area contributed by atoms with Gasteiger partial charge in [0, 0.05) is 19.2 Å². The minimum Gasteiger partial charge on any atom is -0.384 e. The molecule has 0 aromatic carbocycles. The minimum absolute atomic E-state index is 0.373. The number of anilines is 2. The second-order valence-electron chi connectivity index (χ2n) is 4.24. The molecule has 1 saturated carbocycles. The highest BCUT2D eigenvalue weighted by molar-refractivity contribution is 5.45. The van der Waals surface area contributed by atoms with E-state index >= 15 is 0 Å². The summed E-state index contributed by atoms with van der Waals surface area (Å²) < 4.78 is 5.33. The van der Waals surface area contributed by atoms with E-state index in [2.05, 4.69) is 15.3 Å². The van der Waals surface area contributed by atoms with E-state index in [1.165, 1.54) is 0 Å². The van der Waals surface area contributed by atoms with Crippen molar-refractivity contribution in [3.05, 3.63) is 11.9 Å². The summed E-state index contributed by atoms with van der Waals surface area (Å²) in [4.78, 5) is 8.35. The minimum atomic E-state index is 0.373. The molecule has 0 spiro atoms. The van der Waals surface area contributed by atoms with E-state index in [0.717, 1.165) is 25.1 Å². The lowest BCUT2D eigenvalue weighted by Gasteiger charge is -2.14. The number of aryl methyl sites for hydroxylation is 1. The van der Waals surface area contributed by atoms with E-state index in [0.29, 0.717) is 23.8 Å². The molecule has 0 saturated heterocycles. The van der Waals surface area contributed by atoms with E-state index in [1.807, 2.05) is 6.92 Å². The van der Waals surface area contributed by atoms with Crippen molar-refractivity contribution in [2.45, 2.75) is 38.3 Å². The lowest BCUT2D eigenvalue weighted by atomic mass is 10.2. The molecule has 1 aromatic rings. The number of aromatic nitrogens is 2. The fourth-order valence-corrected chi connectivity index (χ4v) is 2.16. The molecule has 1 aliphatic rings. The molecular formula is C11H18N4O. The zero-order valence-corrected chi connectivity index (χ0v) is 9.73. The van der Waals surface area contributed by atoms with Crippen LogP contribution in [0.1, 0.15) is 25.1 Å². The van der Waals surface area contributed by atoms with Crippen molar-refractivity contribution in [3.8, 4) is 0 Å². The number of nitrogen functional groups attached to an aromatic ring is 1. The Bertz CT molecular complexity index is 349. The first kappa shape index (κ1) is 11.1. The van der Waals surface area contributed by atoms with E-state index < -0.39 is 0 Å². The Labute approximate surface area is 95.4 Å². The van der Waals surface area contributed by atoms with Crippen molar-refractivity contribution >= 4 is 11.6 Å². The molecule has 5 heteroatoms. The fourth-order valence-electron chi connectivity index (χ4n) is 2.16. The van der Waals surface area contributed by atoms with Gasteiger partial charge in [-0.05, 0) is 26.2 Å². The lowest BCUT2D eigenvalue weighted by molar-refractivity contribution is 0.108. The first-order valence-corrected chi connectivity index (χ1v) is 5.58. The highest BCUT2D eigenvalue weighted by Crippen LogP contribution is 2.24. The Morgan fingerprint density at radius 3 is 2.88 bits per heavy atom. The van der Waals surface area contributed by atoms with Crippen LogP contribution in [0.15, 0.2) is 6.07 Å². The van der Waals surface area contributed by atoms with Gasteiger partial charge in [-0.2, -0.15) is 0 Å². The van der Waals surface area contributed by atoms with Crippen molar-refractivity contribution in [2.75, 3.05) is 18.2 Å². The van der Waals surface area contributed by atoms with Gasteiger partial charge in [0.1, 0.15) is 17.5 Å². The molecule has 2 rings (SSSR count). The predicted molar refractivity (Wildman–Crippen MR) is 63.2 cm³/mol. The van der Waals surface area contributed by atoms with Gasteiger partial charge in [0.15, 0.2) is 0 Å². The van der Waals surface area contributed by atoms with Gasteiger partial charge in [-0.25, -0.2) is 9.97 Å². The van der Waals surface area contributed by atoms with E-state index in [4.69, 9.17) is 10.5 Å². The summed E-state index contributed by atoms with van der Waals surface area (Å²) in [6.45, 7) is 1.84. The van der Waals surface area contributed by atoms with Crippen molar-refractivity contribution in [1.82, 2.24) is 9.97 Å². The molecule has 0 aliphatic heterocycles. The Morgan fingerprint density at radius 1 is 1.44 bits per heavy atom. The SMILES string of the molecule is COC1CCC(Nc2cc(N)nc(C)n2)C1. The standard InChI is InChI=1S/C11H18N4O/c1-7-13-10(12)6-11(14-7)15-8-3-4-9(5-8)16-2/h6,8-9H,3-5H2,1-2H3,(H3,12,13,14,15). The van der Waals surface area contributed by atoms with Crippen LogP contribution < -0.4 is 11.1 Å². The van der Waals surface area contributed by atoms with Gasteiger partial charge in [0.25, 0.3) is 0 Å². The van der Waals surface area contributed by atoms with E-state index in [9.17, 15) is 0 Å². The molecule has 16 heavy (non-hydrogen) atoms. The van der Waals surface area contributed by atoms with Crippen LogP contribution in [0.3, 0.4) is 0 Å². The van der Waals surface area contributed by atoms with Gasteiger partial charge in [-0.3, -0.25) is 0 Å². The van der Waals surface area contributed by atoms with E-state index in [1.54, 1.807) is 13.2 Å². The average Bonchev–Trinajstić information content (AvgIpc) is 2.64. The molecule has 0 bridgehead atoms. The third kappa shape index (κ3) is 2.61. The first-order chi connectivity index (χ1) is 7.67. The first-order valence-electron chi connectivity index (χ1n) is 5.58. The summed E-state index contributed by atoms with van der Waals surface area (Å²) in [5, 5.41) is 3.38. The Hall–Kier alpha value is -1.36. The maximum atomic E-state index is 5.67. The van der Waals surface area contributed by atoms with Crippen molar-refractivity contribution < 1.29 is 4.74 Å². The molecule has 1 heterocycles. The fraction of sp³-hybridized carbons (Fsp3) is 0.636. The molecule has 1 fully saturated rings. The van der Waals surface area contributed by atoms with Crippen molar-refractivity contribution in [3.63, 3.8) is 0 Å². The molecule has 2 unspecified atom stereocenters. The van der Waals surface area contributed by atoms with Crippen molar-refractivity contribution in [2.24, 2.45) is 0 Å². The zero-order chi connectivity index (χ0) is 11.5.